The van der Waals surface area contributed by atoms with E-state index in [9.17, 15) is 8.42 Å². The van der Waals surface area contributed by atoms with E-state index in [4.69, 9.17) is 0 Å². The van der Waals surface area contributed by atoms with E-state index in [1.54, 1.807) is 12.1 Å². The molecule has 2 aromatic rings. The summed E-state index contributed by atoms with van der Waals surface area (Å²) in [6, 6.07) is 14.7. The molecule has 0 fully saturated rings. The summed E-state index contributed by atoms with van der Waals surface area (Å²) in [6.45, 7) is 4.52. The van der Waals surface area contributed by atoms with Crippen molar-refractivity contribution in [2.24, 2.45) is 0 Å². The first-order valence-electron chi connectivity index (χ1n) is 6.68. The fourth-order valence-electron chi connectivity index (χ4n) is 2.64. The molecule has 0 aromatic heterocycles. The van der Waals surface area contributed by atoms with E-state index in [0.29, 0.717) is 11.4 Å². The molecule has 0 saturated heterocycles. The smallest absolute Gasteiger partial charge is 0.264 e. The Morgan fingerprint density at radius 3 is 2.40 bits per heavy atom. The van der Waals surface area contributed by atoms with Crippen molar-refractivity contribution >= 4 is 15.7 Å². The number of benzene rings is 2. The van der Waals surface area contributed by atoms with E-state index < -0.39 is 10.0 Å². The first kappa shape index (κ1) is 13.2. The zero-order valence-corrected chi connectivity index (χ0v) is 12.4. The van der Waals surface area contributed by atoms with Gasteiger partial charge in [0.25, 0.3) is 10.0 Å². The van der Waals surface area contributed by atoms with Gasteiger partial charge in [-0.3, -0.25) is 4.31 Å². The zero-order chi connectivity index (χ0) is 14.3. The third kappa shape index (κ3) is 2.00. The van der Waals surface area contributed by atoms with Crippen LogP contribution >= 0.6 is 0 Å². The molecule has 1 aliphatic rings. The lowest BCUT2D eigenvalue weighted by Crippen LogP contribution is -2.29. The summed E-state index contributed by atoms with van der Waals surface area (Å²) in [5, 5.41) is 0. The summed E-state index contributed by atoms with van der Waals surface area (Å²) < 4.78 is 27.1. The second-order valence-electron chi connectivity index (χ2n) is 5.31. The minimum atomic E-state index is -3.47. The summed E-state index contributed by atoms with van der Waals surface area (Å²) in [5.74, 6) is 0.228. The third-order valence-electron chi connectivity index (χ3n) is 3.79. The molecule has 0 amide bonds. The van der Waals surface area contributed by atoms with Crippen LogP contribution in [0.3, 0.4) is 0 Å². The molecule has 0 N–H and O–H groups in total. The van der Waals surface area contributed by atoms with Crippen molar-refractivity contribution in [3.05, 3.63) is 59.7 Å². The molecule has 0 unspecified atom stereocenters. The van der Waals surface area contributed by atoms with Crippen molar-refractivity contribution in [2.75, 3.05) is 10.8 Å². The van der Waals surface area contributed by atoms with Gasteiger partial charge in [0.05, 0.1) is 10.6 Å². The first-order valence-corrected chi connectivity index (χ1v) is 8.12. The van der Waals surface area contributed by atoms with E-state index in [-0.39, 0.29) is 5.92 Å². The summed E-state index contributed by atoms with van der Waals surface area (Å²) >= 11 is 0. The number of hydrogen-bond acceptors (Lipinski definition) is 2. The van der Waals surface area contributed by atoms with Gasteiger partial charge in [-0.1, -0.05) is 42.8 Å². The maximum atomic E-state index is 12.8. The molecule has 3 nitrogen and oxygen atoms in total. The fourth-order valence-corrected chi connectivity index (χ4v) is 4.22. The van der Waals surface area contributed by atoms with E-state index in [1.807, 2.05) is 43.3 Å². The SMILES string of the molecule is Cc1ccc(S(=O)(=O)N2C[C@@H](C)c3ccccc32)cc1. The van der Waals surface area contributed by atoms with E-state index in [0.717, 1.165) is 16.8 Å². The van der Waals surface area contributed by atoms with Gasteiger partial charge < -0.3 is 0 Å². The highest BCUT2D eigenvalue weighted by atomic mass is 32.2. The second-order valence-corrected chi connectivity index (χ2v) is 7.17. The fraction of sp³-hybridized carbons (Fsp3) is 0.250. The highest BCUT2D eigenvalue weighted by molar-refractivity contribution is 7.92. The summed E-state index contributed by atoms with van der Waals surface area (Å²) in [4.78, 5) is 0.354. The Bertz CT molecular complexity index is 735. The van der Waals surface area contributed by atoms with Crippen LogP contribution in [0.15, 0.2) is 53.4 Å². The summed E-state index contributed by atoms with van der Waals surface area (Å²) in [5.41, 5.74) is 2.96. The minimum Gasteiger partial charge on any atom is -0.265 e. The molecule has 0 bridgehead atoms. The number of sulfonamides is 1. The van der Waals surface area contributed by atoms with Crippen LogP contribution in [0.4, 0.5) is 5.69 Å². The topological polar surface area (TPSA) is 37.4 Å². The minimum absolute atomic E-state index is 0.228. The lowest BCUT2D eigenvalue weighted by Gasteiger charge is -2.19. The van der Waals surface area contributed by atoms with Crippen LogP contribution in [0.1, 0.15) is 24.0 Å². The Kier molecular flexibility index (Phi) is 3.05. The summed E-state index contributed by atoms with van der Waals surface area (Å²) in [6.07, 6.45) is 0. The van der Waals surface area contributed by atoms with E-state index >= 15 is 0 Å². The maximum Gasteiger partial charge on any atom is 0.264 e. The number of anilines is 1. The van der Waals surface area contributed by atoms with Crippen LogP contribution in [0, 0.1) is 6.92 Å². The molecule has 104 valence electrons. The molecule has 3 rings (SSSR count). The van der Waals surface area contributed by atoms with Gasteiger partial charge in [0.1, 0.15) is 0 Å². The van der Waals surface area contributed by atoms with Gasteiger partial charge in [-0.2, -0.15) is 0 Å². The Morgan fingerprint density at radius 2 is 1.70 bits per heavy atom. The molecule has 0 aliphatic carbocycles. The Morgan fingerprint density at radius 1 is 1.05 bits per heavy atom. The van der Waals surface area contributed by atoms with Crippen LogP contribution < -0.4 is 4.31 Å². The maximum absolute atomic E-state index is 12.8. The number of hydrogen-bond donors (Lipinski definition) is 0. The van der Waals surface area contributed by atoms with Crippen molar-refractivity contribution in [1.29, 1.82) is 0 Å². The second kappa shape index (κ2) is 4.63. The molecule has 20 heavy (non-hydrogen) atoms. The molecule has 1 atom stereocenters. The van der Waals surface area contributed by atoms with E-state index in [2.05, 4.69) is 6.92 Å². The Labute approximate surface area is 119 Å². The number of nitrogens with zero attached hydrogens (tertiary/aromatic N) is 1. The molecular formula is C16H17NO2S. The third-order valence-corrected chi connectivity index (χ3v) is 5.58. The number of aryl methyl sites for hydroxylation is 1. The molecule has 1 heterocycles. The summed E-state index contributed by atoms with van der Waals surface area (Å²) in [7, 11) is -3.47. The first-order chi connectivity index (χ1) is 9.50. The van der Waals surface area contributed by atoms with Gasteiger partial charge in [0, 0.05) is 12.5 Å². The number of para-hydroxylation sites is 1. The molecule has 1 aliphatic heterocycles. The molecule has 0 spiro atoms. The average molecular weight is 287 g/mol. The quantitative estimate of drug-likeness (QED) is 0.850. The van der Waals surface area contributed by atoms with Crippen molar-refractivity contribution in [3.8, 4) is 0 Å². The van der Waals surface area contributed by atoms with Gasteiger partial charge >= 0.3 is 0 Å². The number of fused-ring (bicyclic) bond motifs is 1. The lowest BCUT2D eigenvalue weighted by atomic mass is 10.0. The number of rotatable bonds is 2. The Hall–Kier alpha value is -1.81. The zero-order valence-electron chi connectivity index (χ0n) is 11.6. The molecule has 2 aromatic carbocycles. The van der Waals surface area contributed by atoms with Crippen LogP contribution in [-0.4, -0.2) is 15.0 Å². The van der Waals surface area contributed by atoms with Crippen molar-refractivity contribution < 1.29 is 8.42 Å². The van der Waals surface area contributed by atoms with Gasteiger partial charge in [-0.15, -0.1) is 0 Å². The largest absolute Gasteiger partial charge is 0.265 e. The highest BCUT2D eigenvalue weighted by Crippen LogP contribution is 2.38. The monoisotopic (exact) mass is 287 g/mol. The van der Waals surface area contributed by atoms with Crippen LogP contribution in [-0.2, 0) is 10.0 Å². The predicted molar refractivity (Wildman–Crippen MR) is 80.6 cm³/mol. The van der Waals surface area contributed by atoms with Crippen molar-refractivity contribution in [2.45, 2.75) is 24.7 Å². The molecule has 0 radical (unpaired) electrons. The van der Waals surface area contributed by atoms with Crippen LogP contribution in [0.2, 0.25) is 0 Å². The van der Waals surface area contributed by atoms with Gasteiger partial charge in [-0.05, 0) is 30.7 Å². The molecular weight excluding hydrogens is 270 g/mol. The van der Waals surface area contributed by atoms with Gasteiger partial charge in [0.2, 0.25) is 0 Å². The van der Waals surface area contributed by atoms with E-state index in [1.165, 1.54) is 4.31 Å². The molecule has 0 saturated carbocycles. The van der Waals surface area contributed by atoms with Gasteiger partial charge in [-0.25, -0.2) is 8.42 Å². The van der Waals surface area contributed by atoms with Crippen molar-refractivity contribution in [3.63, 3.8) is 0 Å². The molecule has 4 heteroatoms. The van der Waals surface area contributed by atoms with Crippen molar-refractivity contribution in [1.82, 2.24) is 0 Å². The predicted octanol–water partition coefficient (Wildman–Crippen LogP) is 3.31. The standard InChI is InChI=1S/C16H17NO2S/c1-12-7-9-14(10-8-12)20(18,19)17-11-13(2)15-5-3-4-6-16(15)17/h3-10,13H,11H2,1-2H3/t13-/m1/s1. The lowest BCUT2D eigenvalue weighted by molar-refractivity contribution is 0.590. The normalized spacial score (nSPS) is 18.1. The van der Waals surface area contributed by atoms with Gasteiger partial charge in [0.15, 0.2) is 0 Å². The van der Waals surface area contributed by atoms with Crippen LogP contribution in [0.25, 0.3) is 0 Å². The Balaban J connectivity index is 2.08. The highest BCUT2D eigenvalue weighted by Gasteiger charge is 2.34. The van der Waals surface area contributed by atoms with Crippen LogP contribution in [0.5, 0.6) is 0 Å². The average Bonchev–Trinajstić information content (AvgIpc) is 2.78.